The van der Waals surface area contributed by atoms with Crippen molar-refractivity contribution in [3.63, 3.8) is 0 Å². The Kier molecular flexibility index (Phi) is 8.76. The van der Waals surface area contributed by atoms with E-state index < -0.39 is 29.3 Å². The van der Waals surface area contributed by atoms with Gasteiger partial charge in [0.25, 0.3) is 0 Å². The van der Waals surface area contributed by atoms with Crippen LogP contribution >= 0.6 is 11.3 Å². The number of carbonyl (C=O) groups is 1. The van der Waals surface area contributed by atoms with E-state index >= 15 is 4.39 Å². The monoisotopic (exact) mass is 573 g/mol. The van der Waals surface area contributed by atoms with Crippen LogP contribution in [-0.4, -0.2) is 72.0 Å². The van der Waals surface area contributed by atoms with Crippen molar-refractivity contribution in [2.24, 2.45) is 0 Å². The third-order valence-electron chi connectivity index (χ3n) is 5.70. The maximum atomic E-state index is 15.1. The van der Waals surface area contributed by atoms with Gasteiger partial charge in [-0.05, 0) is 18.2 Å². The summed E-state index contributed by atoms with van der Waals surface area (Å²) in [5, 5.41) is 17.6. The third kappa shape index (κ3) is 7.07. The summed E-state index contributed by atoms with van der Waals surface area (Å²) < 4.78 is 74.5. The lowest BCUT2D eigenvalue weighted by Crippen LogP contribution is -2.51. The minimum absolute atomic E-state index is 0.0512. The zero-order valence-electron chi connectivity index (χ0n) is 20.5. The molecule has 1 aromatic carbocycles. The molecule has 210 valence electrons. The zero-order valence-corrected chi connectivity index (χ0v) is 21.3. The lowest BCUT2D eigenvalue weighted by Gasteiger charge is -2.39. The van der Waals surface area contributed by atoms with Gasteiger partial charge in [-0.25, -0.2) is 19.3 Å². The molecule has 3 aromatic rings. The number of nitrogens with one attached hydrogen (secondary N) is 3. The summed E-state index contributed by atoms with van der Waals surface area (Å²) in [5.41, 5.74) is -1.13. The van der Waals surface area contributed by atoms with E-state index in [2.05, 4.69) is 30.9 Å². The van der Waals surface area contributed by atoms with Gasteiger partial charge in [0.05, 0.1) is 18.1 Å². The fourth-order valence-corrected chi connectivity index (χ4v) is 4.69. The Balaban J connectivity index is 1.56. The van der Waals surface area contributed by atoms with Crippen molar-refractivity contribution in [2.45, 2.75) is 18.7 Å². The predicted molar refractivity (Wildman–Crippen MR) is 134 cm³/mol. The first-order chi connectivity index (χ1) is 18.5. The van der Waals surface area contributed by atoms with Crippen molar-refractivity contribution in [3.8, 4) is 11.3 Å². The average molecular weight is 574 g/mol. The standard InChI is InChI=1S/C23H24F5N7O3S/c1-38-15-9-35(10-15)21-18(12-6-13(23(26,27)28)8-14(24)7-12)33-22(39-21)34-20-17(25)19(31-11-32-20)30-5-4-29-3-2-16(36)37/h6-8,11,15,29H,2-5,9-10H2,1H3,(H,36,37)(H2,30,31,32,33,34). The number of aromatic nitrogens is 3. The van der Waals surface area contributed by atoms with E-state index in [1.54, 1.807) is 7.11 Å². The highest BCUT2D eigenvalue weighted by molar-refractivity contribution is 7.20. The van der Waals surface area contributed by atoms with E-state index in [1.807, 2.05) is 4.90 Å². The summed E-state index contributed by atoms with van der Waals surface area (Å²) in [4.78, 5) is 24.5. The van der Waals surface area contributed by atoms with Crippen molar-refractivity contribution >= 4 is 39.1 Å². The lowest BCUT2D eigenvalue weighted by atomic mass is 10.1. The highest BCUT2D eigenvalue weighted by atomic mass is 32.1. The Hall–Kier alpha value is -3.63. The normalized spacial score (nSPS) is 13.8. The van der Waals surface area contributed by atoms with Crippen LogP contribution in [0.4, 0.5) is 43.7 Å². The van der Waals surface area contributed by atoms with E-state index in [1.165, 1.54) is 0 Å². The van der Waals surface area contributed by atoms with Gasteiger partial charge in [0.2, 0.25) is 5.82 Å². The summed E-state index contributed by atoms with van der Waals surface area (Å²) >= 11 is 1.05. The number of anilines is 4. The number of thiazole rings is 1. The molecule has 2 aromatic heterocycles. The van der Waals surface area contributed by atoms with Gasteiger partial charge in [-0.3, -0.25) is 4.79 Å². The van der Waals surface area contributed by atoms with Crippen LogP contribution in [0.15, 0.2) is 24.5 Å². The van der Waals surface area contributed by atoms with E-state index in [4.69, 9.17) is 9.84 Å². The van der Waals surface area contributed by atoms with Crippen LogP contribution in [-0.2, 0) is 15.7 Å². The molecule has 16 heteroatoms. The van der Waals surface area contributed by atoms with E-state index in [0.717, 1.165) is 29.8 Å². The first-order valence-electron chi connectivity index (χ1n) is 11.7. The summed E-state index contributed by atoms with van der Waals surface area (Å²) in [6.45, 7) is 1.74. The number of hydrogen-bond acceptors (Lipinski definition) is 10. The number of aliphatic carboxylic acids is 1. The van der Waals surface area contributed by atoms with Crippen LogP contribution < -0.4 is 20.9 Å². The molecule has 0 radical (unpaired) electrons. The second-order valence-electron chi connectivity index (χ2n) is 8.49. The quantitative estimate of drug-likeness (QED) is 0.187. The van der Waals surface area contributed by atoms with Gasteiger partial charge in [-0.1, -0.05) is 11.3 Å². The molecular formula is C23H24F5N7O3S. The second-order valence-corrected chi connectivity index (χ2v) is 9.47. The summed E-state index contributed by atoms with van der Waals surface area (Å²) in [5.74, 6) is -3.18. The molecule has 0 bridgehead atoms. The molecule has 0 unspecified atom stereocenters. The van der Waals surface area contributed by atoms with Gasteiger partial charge < -0.3 is 30.7 Å². The largest absolute Gasteiger partial charge is 0.481 e. The summed E-state index contributed by atoms with van der Waals surface area (Å²) in [7, 11) is 1.54. The molecule has 0 aliphatic carbocycles. The highest BCUT2D eigenvalue weighted by Gasteiger charge is 2.34. The average Bonchev–Trinajstić information content (AvgIpc) is 3.25. The first-order valence-corrected chi connectivity index (χ1v) is 12.5. The third-order valence-corrected chi connectivity index (χ3v) is 6.73. The van der Waals surface area contributed by atoms with Crippen molar-refractivity contribution in [2.75, 3.05) is 55.4 Å². The van der Waals surface area contributed by atoms with Gasteiger partial charge in [-0.15, -0.1) is 0 Å². The second kappa shape index (κ2) is 12.0. The van der Waals surface area contributed by atoms with Gasteiger partial charge >= 0.3 is 12.1 Å². The number of hydrogen-bond donors (Lipinski definition) is 4. The Labute approximate surface area is 223 Å². The molecule has 4 rings (SSSR count). The molecule has 1 fully saturated rings. The topological polar surface area (TPSA) is 125 Å². The van der Waals surface area contributed by atoms with E-state index in [0.29, 0.717) is 30.7 Å². The smallest absolute Gasteiger partial charge is 0.416 e. The van der Waals surface area contributed by atoms with E-state index in [9.17, 15) is 22.4 Å². The zero-order chi connectivity index (χ0) is 28.2. The van der Waals surface area contributed by atoms with Crippen molar-refractivity contribution < 1.29 is 36.6 Å². The van der Waals surface area contributed by atoms with Crippen molar-refractivity contribution in [3.05, 3.63) is 41.7 Å². The number of ether oxygens (including phenoxy) is 1. The van der Waals surface area contributed by atoms with Crippen LogP contribution in [0.5, 0.6) is 0 Å². The molecule has 1 aliphatic heterocycles. The Bertz CT molecular complexity index is 1320. The van der Waals surface area contributed by atoms with Crippen LogP contribution in [0.3, 0.4) is 0 Å². The van der Waals surface area contributed by atoms with Crippen LogP contribution in [0.2, 0.25) is 0 Å². The fourth-order valence-electron chi connectivity index (χ4n) is 3.68. The molecule has 39 heavy (non-hydrogen) atoms. The molecule has 4 N–H and O–H groups in total. The van der Waals surface area contributed by atoms with Crippen LogP contribution in [0, 0.1) is 11.6 Å². The molecule has 10 nitrogen and oxygen atoms in total. The molecule has 0 saturated carbocycles. The minimum atomic E-state index is -4.76. The molecule has 1 saturated heterocycles. The highest BCUT2D eigenvalue weighted by Crippen LogP contribution is 2.43. The van der Waals surface area contributed by atoms with Crippen molar-refractivity contribution in [1.29, 1.82) is 0 Å². The fraction of sp³-hybridized carbons (Fsp3) is 0.391. The number of rotatable bonds is 12. The number of methoxy groups -OCH3 is 1. The van der Waals surface area contributed by atoms with Gasteiger partial charge in [0.15, 0.2) is 16.8 Å². The Morgan fingerprint density at radius 2 is 1.90 bits per heavy atom. The molecular weight excluding hydrogens is 549 g/mol. The number of carboxylic acids is 1. The number of halogens is 5. The number of benzene rings is 1. The molecule has 3 heterocycles. The van der Waals surface area contributed by atoms with E-state index in [-0.39, 0.29) is 53.6 Å². The first kappa shape index (κ1) is 28.4. The summed E-state index contributed by atoms with van der Waals surface area (Å²) in [6, 6.07) is 2.19. The van der Waals surface area contributed by atoms with Gasteiger partial charge in [0.1, 0.15) is 22.8 Å². The maximum absolute atomic E-state index is 15.1. The van der Waals surface area contributed by atoms with Crippen LogP contribution in [0.1, 0.15) is 12.0 Å². The molecule has 0 amide bonds. The Morgan fingerprint density at radius 3 is 2.59 bits per heavy atom. The lowest BCUT2D eigenvalue weighted by molar-refractivity contribution is -0.138. The number of alkyl halides is 3. The summed E-state index contributed by atoms with van der Waals surface area (Å²) in [6.07, 6.45) is -3.78. The Morgan fingerprint density at radius 1 is 1.15 bits per heavy atom. The molecule has 1 aliphatic rings. The predicted octanol–water partition coefficient (Wildman–Crippen LogP) is 3.95. The molecule has 0 spiro atoms. The molecule has 0 atom stereocenters. The van der Waals surface area contributed by atoms with Gasteiger partial charge in [0, 0.05) is 45.4 Å². The number of nitrogens with zero attached hydrogens (tertiary/aromatic N) is 4. The van der Waals surface area contributed by atoms with Crippen molar-refractivity contribution in [1.82, 2.24) is 20.3 Å². The minimum Gasteiger partial charge on any atom is -0.481 e. The number of carboxylic acid groups (broad SMARTS) is 1. The maximum Gasteiger partial charge on any atom is 0.416 e. The van der Waals surface area contributed by atoms with Gasteiger partial charge in [-0.2, -0.15) is 17.6 Å². The SMILES string of the molecule is COC1CN(c2sc(Nc3ncnc(NCCNCCC(=O)O)c3F)nc2-c2cc(F)cc(C(F)(F)F)c2)C1. The van der Waals surface area contributed by atoms with Crippen LogP contribution in [0.25, 0.3) is 11.3 Å².